The Hall–Kier alpha value is -0.0800. The summed E-state index contributed by atoms with van der Waals surface area (Å²) in [7, 11) is 1.76. The number of hydrogen-bond donors (Lipinski definition) is 1. The summed E-state index contributed by atoms with van der Waals surface area (Å²) < 4.78 is 5.08. The summed E-state index contributed by atoms with van der Waals surface area (Å²) in [5, 5.41) is 3.53. The highest BCUT2D eigenvalue weighted by atomic mass is 16.5. The van der Waals surface area contributed by atoms with Gasteiger partial charge in [0.1, 0.15) is 0 Å². The molecule has 0 bridgehead atoms. The van der Waals surface area contributed by atoms with Crippen LogP contribution in [0.25, 0.3) is 0 Å². The van der Waals surface area contributed by atoms with E-state index in [2.05, 4.69) is 12.2 Å². The van der Waals surface area contributed by atoms with Crippen molar-refractivity contribution in [3.8, 4) is 0 Å². The van der Waals surface area contributed by atoms with E-state index in [-0.39, 0.29) is 0 Å². The van der Waals surface area contributed by atoms with Gasteiger partial charge in [0.15, 0.2) is 0 Å². The highest BCUT2D eigenvalue weighted by molar-refractivity contribution is 4.70. The van der Waals surface area contributed by atoms with Gasteiger partial charge in [0.05, 0.1) is 6.61 Å². The molecule has 1 atom stereocenters. The average molecular weight is 185 g/mol. The zero-order valence-electron chi connectivity index (χ0n) is 9.01. The molecule has 1 aliphatic rings. The first kappa shape index (κ1) is 11.0. The van der Waals surface area contributed by atoms with E-state index < -0.39 is 0 Å². The third kappa shape index (κ3) is 4.63. The van der Waals surface area contributed by atoms with Gasteiger partial charge in [0, 0.05) is 13.2 Å². The summed E-state index contributed by atoms with van der Waals surface area (Å²) in [6, 6.07) is 0.506. The molecule has 0 spiro atoms. The Labute approximate surface area is 82.0 Å². The van der Waals surface area contributed by atoms with Crippen LogP contribution in [0.2, 0.25) is 0 Å². The van der Waals surface area contributed by atoms with Crippen LogP contribution in [0.4, 0.5) is 0 Å². The zero-order chi connectivity index (χ0) is 9.52. The first-order valence-corrected chi connectivity index (χ1v) is 5.55. The van der Waals surface area contributed by atoms with E-state index in [1.807, 2.05) is 0 Å². The molecule has 1 fully saturated rings. The molecule has 0 heterocycles. The van der Waals surface area contributed by atoms with Crippen LogP contribution in [0.15, 0.2) is 0 Å². The first-order valence-electron chi connectivity index (χ1n) is 5.55. The standard InChI is InChI=1S/C11H23NO/c1-10(9-13-2)12-8-11-6-4-3-5-7-11/h10-12H,3-9H2,1-2H3/t10-/m0/s1. The van der Waals surface area contributed by atoms with Crippen molar-refractivity contribution in [3.63, 3.8) is 0 Å². The van der Waals surface area contributed by atoms with Crippen molar-refractivity contribution in [2.45, 2.75) is 45.1 Å². The second kappa shape index (κ2) is 6.39. The van der Waals surface area contributed by atoms with Crippen LogP contribution < -0.4 is 5.32 Å². The van der Waals surface area contributed by atoms with Gasteiger partial charge in [-0.2, -0.15) is 0 Å². The molecule has 0 unspecified atom stereocenters. The number of hydrogen-bond acceptors (Lipinski definition) is 2. The minimum absolute atomic E-state index is 0.506. The molecule has 0 radical (unpaired) electrons. The molecule has 0 aromatic heterocycles. The van der Waals surface area contributed by atoms with Crippen LogP contribution >= 0.6 is 0 Å². The van der Waals surface area contributed by atoms with Crippen LogP contribution in [0.1, 0.15) is 39.0 Å². The van der Waals surface area contributed by atoms with Gasteiger partial charge >= 0.3 is 0 Å². The second-order valence-electron chi connectivity index (χ2n) is 4.27. The van der Waals surface area contributed by atoms with Crippen molar-refractivity contribution >= 4 is 0 Å². The Bertz CT molecular complexity index is 121. The summed E-state index contributed by atoms with van der Waals surface area (Å²) in [5.74, 6) is 0.924. The molecule has 1 N–H and O–H groups in total. The summed E-state index contributed by atoms with van der Waals surface area (Å²) in [4.78, 5) is 0. The van der Waals surface area contributed by atoms with Crippen LogP contribution in [0.3, 0.4) is 0 Å². The molecule has 1 aliphatic carbocycles. The number of ether oxygens (including phenoxy) is 1. The number of methoxy groups -OCH3 is 1. The molecular formula is C11H23NO. The van der Waals surface area contributed by atoms with Gasteiger partial charge in [-0.1, -0.05) is 19.3 Å². The molecule has 13 heavy (non-hydrogen) atoms. The average Bonchev–Trinajstić information content (AvgIpc) is 2.17. The van der Waals surface area contributed by atoms with E-state index in [0.29, 0.717) is 6.04 Å². The van der Waals surface area contributed by atoms with Crippen LogP contribution in [0, 0.1) is 5.92 Å². The van der Waals surface area contributed by atoms with Gasteiger partial charge in [-0.25, -0.2) is 0 Å². The van der Waals surface area contributed by atoms with Crippen LogP contribution in [0.5, 0.6) is 0 Å². The van der Waals surface area contributed by atoms with E-state index in [0.717, 1.165) is 12.5 Å². The van der Waals surface area contributed by atoms with E-state index >= 15 is 0 Å². The summed E-state index contributed by atoms with van der Waals surface area (Å²) >= 11 is 0. The molecule has 0 saturated heterocycles. The molecule has 78 valence electrons. The molecule has 1 rings (SSSR count). The van der Waals surface area contributed by atoms with E-state index in [1.54, 1.807) is 7.11 Å². The molecular weight excluding hydrogens is 162 g/mol. The fourth-order valence-corrected chi connectivity index (χ4v) is 2.07. The van der Waals surface area contributed by atoms with Gasteiger partial charge in [0.2, 0.25) is 0 Å². The van der Waals surface area contributed by atoms with Crippen molar-refractivity contribution in [2.24, 2.45) is 5.92 Å². The number of nitrogens with one attached hydrogen (secondary N) is 1. The van der Waals surface area contributed by atoms with E-state index in [1.165, 1.54) is 38.6 Å². The van der Waals surface area contributed by atoms with Gasteiger partial charge < -0.3 is 10.1 Å². The smallest absolute Gasteiger partial charge is 0.0613 e. The van der Waals surface area contributed by atoms with E-state index in [4.69, 9.17) is 4.74 Å². The molecule has 0 amide bonds. The Morgan fingerprint density at radius 3 is 2.62 bits per heavy atom. The Kier molecular flexibility index (Phi) is 5.40. The summed E-state index contributed by atoms with van der Waals surface area (Å²) in [5.41, 5.74) is 0. The predicted octanol–water partition coefficient (Wildman–Crippen LogP) is 2.19. The third-order valence-electron chi connectivity index (χ3n) is 2.90. The molecule has 2 nitrogen and oxygen atoms in total. The van der Waals surface area contributed by atoms with Crippen molar-refractivity contribution in [1.29, 1.82) is 0 Å². The van der Waals surface area contributed by atoms with Crippen molar-refractivity contribution in [1.82, 2.24) is 5.32 Å². The lowest BCUT2D eigenvalue weighted by atomic mass is 9.89. The second-order valence-corrected chi connectivity index (χ2v) is 4.27. The Morgan fingerprint density at radius 2 is 2.00 bits per heavy atom. The minimum Gasteiger partial charge on any atom is -0.383 e. The summed E-state index contributed by atoms with van der Waals surface area (Å²) in [6.07, 6.45) is 7.17. The van der Waals surface area contributed by atoms with Gasteiger partial charge in [0.25, 0.3) is 0 Å². The molecule has 1 saturated carbocycles. The summed E-state index contributed by atoms with van der Waals surface area (Å²) in [6.45, 7) is 4.20. The molecule has 0 aliphatic heterocycles. The fraction of sp³-hybridized carbons (Fsp3) is 1.00. The van der Waals surface area contributed by atoms with Crippen LogP contribution in [-0.4, -0.2) is 26.3 Å². The molecule has 2 heteroatoms. The lowest BCUT2D eigenvalue weighted by Gasteiger charge is -2.23. The maximum absolute atomic E-state index is 5.08. The minimum atomic E-state index is 0.506. The fourth-order valence-electron chi connectivity index (χ4n) is 2.07. The van der Waals surface area contributed by atoms with Crippen molar-refractivity contribution in [2.75, 3.05) is 20.3 Å². The molecule has 0 aromatic rings. The lowest BCUT2D eigenvalue weighted by Crippen LogP contribution is -2.34. The van der Waals surface area contributed by atoms with Gasteiger partial charge in [-0.15, -0.1) is 0 Å². The maximum Gasteiger partial charge on any atom is 0.0613 e. The zero-order valence-corrected chi connectivity index (χ0v) is 9.01. The monoisotopic (exact) mass is 185 g/mol. The molecule has 0 aromatic carbocycles. The topological polar surface area (TPSA) is 21.3 Å². The highest BCUT2D eigenvalue weighted by Crippen LogP contribution is 2.22. The Balaban J connectivity index is 2.03. The number of rotatable bonds is 5. The third-order valence-corrected chi connectivity index (χ3v) is 2.90. The quantitative estimate of drug-likeness (QED) is 0.709. The first-order chi connectivity index (χ1) is 6.33. The van der Waals surface area contributed by atoms with Gasteiger partial charge in [-0.05, 0) is 32.2 Å². The predicted molar refractivity (Wildman–Crippen MR) is 55.9 cm³/mol. The van der Waals surface area contributed by atoms with Gasteiger partial charge in [-0.3, -0.25) is 0 Å². The van der Waals surface area contributed by atoms with Crippen molar-refractivity contribution < 1.29 is 4.74 Å². The largest absolute Gasteiger partial charge is 0.383 e. The lowest BCUT2D eigenvalue weighted by molar-refractivity contribution is 0.168. The van der Waals surface area contributed by atoms with Crippen LogP contribution in [-0.2, 0) is 4.74 Å². The normalized spacial score (nSPS) is 21.7. The maximum atomic E-state index is 5.08. The Morgan fingerprint density at radius 1 is 1.31 bits per heavy atom. The SMILES string of the molecule is COC[C@H](C)NCC1CCCCC1. The van der Waals surface area contributed by atoms with Crippen molar-refractivity contribution in [3.05, 3.63) is 0 Å². The van der Waals surface area contributed by atoms with E-state index in [9.17, 15) is 0 Å². The highest BCUT2D eigenvalue weighted by Gasteiger charge is 2.13.